The van der Waals surface area contributed by atoms with E-state index in [0.717, 1.165) is 0 Å². The highest BCUT2D eigenvalue weighted by molar-refractivity contribution is 5.21. The molecule has 0 aliphatic heterocycles. The van der Waals surface area contributed by atoms with Gasteiger partial charge < -0.3 is 10.2 Å². The van der Waals surface area contributed by atoms with E-state index < -0.39 is 0 Å². The van der Waals surface area contributed by atoms with Crippen LogP contribution in [0.2, 0.25) is 0 Å². The second-order valence-corrected chi connectivity index (χ2v) is 2.33. The van der Waals surface area contributed by atoms with Crippen LogP contribution in [0.15, 0.2) is 0 Å². The molecule has 0 aliphatic rings. The Labute approximate surface area is 70.1 Å². The Bertz CT molecular complexity index is 243. The van der Waals surface area contributed by atoms with E-state index >= 15 is 0 Å². The fraction of sp³-hybridized carbons (Fsp3) is 0.571. The van der Waals surface area contributed by atoms with Gasteiger partial charge in [-0.25, -0.2) is 0 Å². The lowest BCUT2D eigenvalue weighted by Crippen LogP contribution is -2.07. The Kier molecular flexibility index (Phi) is 3.07. The van der Waals surface area contributed by atoms with Crippen LogP contribution in [-0.2, 0) is 19.6 Å². The second-order valence-electron chi connectivity index (χ2n) is 2.33. The summed E-state index contributed by atoms with van der Waals surface area (Å²) in [4.78, 5) is 0. The van der Waals surface area contributed by atoms with Crippen molar-refractivity contribution in [3.63, 3.8) is 0 Å². The molecule has 0 aliphatic carbocycles. The predicted octanol–water partition coefficient (Wildman–Crippen LogP) is -0.581. The van der Waals surface area contributed by atoms with Crippen molar-refractivity contribution in [3.05, 3.63) is 17.0 Å². The van der Waals surface area contributed by atoms with E-state index in [2.05, 4.69) is 15.4 Å². The summed E-state index contributed by atoms with van der Waals surface area (Å²) in [6.45, 7) is 1.55. The Morgan fingerprint density at radius 2 is 1.75 bits per heavy atom. The zero-order valence-electron chi connectivity index (χ0n) is 6.86. The Morgan fingerprint density at radius 3 is 2.25 bits per heavy atom. The summed E-state index contributed by atoms with van der Waals surface area (Å²) >= 11 is 0. The molecule has 1 aromatic rings. The fourth-order valence-corrected chi connectivity index (χ4v) is 1.01. The summed E-state index contributed by atoms with van der Waals surface area (Å²) in [5, 5.41) is 28.6. The minimum Gasteiger partial charge on any atom is -0.392 e. The lowest BCUT2D eigenvalue weighted by Gasteiger charge is -2.05. The molecule has 0 unspecified atom stereocenters. The molecule has 0 fully saturated rings. The first kappa shape index (κ1) is 9.02. The molecule has 66 valence electrons. The van der Waals surface area contributed by atoms with Crippen molar-refractivity contribution >= 4 is 0 Å². The summed E-state index contributed by atoms with van der Waals surface area (Å²) < 4.78 is 0. The third-order valence-corrected chi connectivity index (χ3v) is 1.67. The SMILES string of the molecule is CCc1nnnc(CO)c1CO. The number of hydrogen-bond acceptors (Lipinski definition) is 5. The summed E-state index contributed by atoms with van der Waals surface area (Å²) in [6.07, 6.45) is 0.679. The maximum atomic E-state index is 8.94. The van der Waals surface area contributed by atoms with Gasteiger partial charge in [0.15, 0.2) is 0 Å². The molecular formula is C7H11N3O2. The van der Waals surface area contributed by atoms with Crippen LogP contribution in [0.3, 0.4) is 0 Å². The minimum absolute atomic E-state index is 0.151. The molecule has 1 aromatic heterocycles. The molecule has 0 spiro atoms. The smallest absolute Gasteiger partial charge is 0.0976 e. The largest absolute Gasteiger partial charge is 0.392 e. The van der Waals surface area contributed by atoms with E-state index in [0.29, 0.717) is 23.4 Å². The molecule has 0 saturated carbocycles. The van der Waals surface area contributed by atoms with Crippen molar-refractivity contribution in [2.45, 2.75) is 26.6 Å². The van der Waals surface area contributed by atoms with Crippen LogP contribution in [-0.4, -0.2) is 25.6 Å². The topological polar surface area (TPSA) is 79.1 Å². The van der Waals surface area contributed by atoms with Gasteiger partial charge in [-0.3, -0.25) is 0 Å². The molecule has 0 atom stereocenters. The van der Waals surface area contributed by atoms with Crippen molar-refractivity contribution in [3.8, 4) is 0 Å². The van der Waals surface area contributed by atoms with Crippen molar-refractivity contribution in [2.24, 2.45) is 0 Å². The fourth-order valence-electron chi connectivity index (χ4n) is 1.01. The summed E-state index contributed by atoms with van der Waals surface area (Å²) in [5.74, 6) is 0. The number of rotatable bonds is 3. The van der Waals surface area contributed by atoms with Crippen LogP contribution in [0, 0.1) is 0 Å². The van der Waals surface area contributed by atoms with Gasteiger partial charge in [-0.15, -0.1) is 10.2 Å². The molecule has 5 heteroatoms. The molecule has 0 aromatic carbocycles. The monoisotopic (exact) mass is 169 g/mol. The van der Waals surface area contributed by atoms with Gasteiger partial charge in [0.05, 0.1) is 24.6 Å². The molecule has 0 amide bonds. The number of aliphatic hydroxyl groups excluding tert-OH is 2. The van der Waals surface area contributed by atoms with Crippen LogP contribution in [0.5, 0.6) is 0 Å². The number of hydrogen-bond donors (Lipinski definition) is 2. The molecule has 0 bridgehead atoms. The molecule has 0 saturated heterocycles. The second kappa shape index (κ2) is 4.08. The third kappa shape index (κ3) is 1.57. The summed E-state index contributed by atoms with van der Waals surface area (Å²) in [5.41, 5.74) is 1.69. The molecule has 0 radical (unpaired) electrons. The van der Waals surface area contributed by atoms with Crippen molar-refractivity contribution in [1.29, 1.82) is 0 Å². The van der Waals surface area contributed by atoms with Gasteiger partial charge in [-0.2, -0.15) is 0 Å². The molecule has 12 heavy (non-hydrogen) atoms. The molecule has 5 nitrogen and oxygen atoms in total. The van der Waals surface area contributed by atoms with Gasteiger partial charge >= 0.3 is 0 Å². The maximum absolute atomic E-state index is 8.94. The molecule has 2 N–H and O–H groups in total. The lowest BCUT2D eigenvalue weighted by atomic mass is 10.1. The van der Waals surface area contributed by atoms with Crippen LogP contribution < -0.4 is 0 Å². The van der Waals surface area contributed by atoms with E-state index in [4.69, 9.17) is 10.2 Å². The van der Waals surface area contributed by atoms with Gasteiger partial charge in [0, 0.05) is 5.56 Å². The predicted molar refractivity (Wildman–Crippen MR) is 41.1 cm³/mol. The first-order chi connectivity index (χ1) is 5.83. The van der Waals surface area contributed by atoms with Crippen molar-refractivity contribution in [2.75, 3.05) is 0 Å². The highest BCUT2D eigenvalue weighted by Gasteiger charge is 2.08. The number of aromatic nitrogens is 3. The standard InChI is InChI=1S/C7H11N3O2/c1-2-6-5(3-11)7(4-12)9-10-8-6/h11-12H,2-4H2,1H3. The first-order valence-electron chi connectivity index (χ1n) is 3.75. The average molecular weight is 169 g/mol. The summed E-state index contributed by atoms with van der Waals surface area (Å²) in [6, 6.07) is 0. The first-order valence-corrected chi connectivity index (χ1v) is 3.75. The zero-order chi connectivity index (χ0) is 8.97. The Hall–Kier alpha value is -1.07. The van der Waals surface area contributed by atoms with Gasteiger partial charge in [-0.1, -0.05) is 6.92 Å². The van der Waals surface area contributed by atoms with E-state index in [1.165, 1.54) is 0 Å². The minimum atomic E-state index is -0.210. The number of aliphatic hydroxyl groups is 2. The van der Waals surface area contributed by atoms with E-state index in [1.54, 1.807) is 0 Å². The van der Waals surface area contributed by atoms with Crippen LogP contribution in [0.4, 0.5) is 0 Å². The lowest BCUT2D eigenvalue weighted by molar-refractivity contribution is 0.251. The van der Waals surface area contributed by atoms with Crippen molar-refractivity contribution < 1.29 is 10.2 Å². The van der Waals surface area contributed by atoms with E-state index in [-0.39, 0.29) is 13.2 Å². The zero-order valence-corrected chi connectivity index (χ0v) is 6.86. The normalized spacial score (nSPS) is 10.2. The van der Waals surface area contributed by atoms with E-state index in [1.807, 2.05) is 6.92 Å². The number of nitrogens with zero attached hydrogens (tertiary/aromatic N) is 3. The average Bonchev–Trinajstić information content (AvgIpc) is 2.16. The summed E-state index contributed by atoms with van der Waals surface area (Å²) in [7, 11) is 0. The van der Waals surface area contributed by atoms with Crippen molar-refractivity contribution in [1.82, 2.24) is 15.4 Å². The maximum Gasteiger partial charge on any atom is 0.0976 e. The highest BCUT2D eigenvalue weighted by Crippen LogP contribution is 2.09. The third-order valence-electron chi connectivity index (χ3n) is 1.67. The van der Waals surface area contributed by atoms with Crippen LogP contribution in [0.1, 0.15) is 23.9 Å². The Morgan fingerprint density at radius 1 is 1.08 bits per heavy atom. The van der Waals surface area contributed by atoms with Crippen LogP contribution >= 0.6 is 0 Å². The molecule has 1 heterocycles. The Balaban J connectivity index is 3.13. The highest BCUT2D eigenvalue weighted by atomic mass is 16.3. The van der Waals surface area contributed by atoms with Gasteiger partial charge in [0.1, 0.15) is 0 Å². The van der Waals surface area contributed by atoms with Crippen LogP contribution in [0.25, 0.3) is 0 Å². The quantitative estimate of drug-likeness (QED) is 0.632. The molecular weight excluding hydrogens is 158 g/mol. The number of aryl methyl sites for hydroxylation is 1. The van der Waals surface area contributed by atoms with Gasteiger partial charge in [-0.05, 0) is 11.6 Å². The van der Waals surface area contributed by atoms with Gasteiger partial charge in [0.25, 0.3) is 0 Å². The molecule has 1 rings (SSSR count). The van der Waals surface area contributed by atoms with Gasteiger partial charge in [0.2, 0.25) is 0 Å². The van der Waals surface area contributed by atoms with E-state index in [9.17, 15) is 0 Å².